The van der Waals surface area contributed by atoms with E-state index in [1.165, 1.54) is 0 Å². The summed E-state index contributed by atoms with van der Waals surface area (Å²) in [5.74, 6) is 0. The Labute approximate surface area is 80.3 Å². The lowest BCUT2D eigenvalue weighted by molar-refractivity contribution is 0.161. The monoisotopic (exact) mass is 196 g/mol. The molecule has 1 aromatic carbocycles. The first-order chi connectivity index (χ1) is 6.31. The van der Waals surface area contributed by atoms with Crippen LogP contribution in [0.4, 0.5) is 0 Å². The predicted octanol–water partition coefficient (Wildman–Crippen LogP) is 2.30. The Bertz CT molecular complexity index is 424. The highest BCUT2D eigenvalue weighted by Gasteiger charge is 2.01. The molecule has 0 fully saturated rings. The third kappa shape index (κ3) is 1.54. The van der Waals surface area contributed by atoms with E-state index in [2.05, 4.69) is 10.5 Å². The van der Waals surface area contributed by atoms with E-state index in [1.54, 1.807) is 6.20 Å². The molecule has 0 amide bonds. The third-order valence-corrected chi connectivity index (χ3v) is 2.29. The molecule has 0 saturated carbocycles. The average Bonchev–Trinajstić information content (AvgIpc) is 2.48. The van der Waals surface area contributed by atoms with Crippen LogP contribution in [-0.4, -0.2) is 10.2 Å². The summed E-state index contributed by atoms with van der Waals surface area (Å²) >= 11 is 5.91. The Kier molecular flexibility index (Phi) is 2.22. The van der Waals surface area contributed by atoms with Crippen molar-refractivity contribution in [3.05, 3.63) is 35.0 Å². The Balaban J connectivity index is 2.50. The smallest absolute Gasteiger partial charge is 0.0659 e. The molecular formula is C9H9ClN2O. The van der Waals surface area contributed by atoms with Crippen molar-refractivity contribution in [1.29, 1.82) is 0 Å². The van der Waals surface area contributed by atoms with Gasteiger partial charge in [-0.25, -0.2) is 5.48 Å². The minimum atomic E-state index is 0.437. The quantitative estimate of drug-likeness (QED) is 0.646. The van der Waals surface area contributed by atoms with E-state index in [-0.39, 0.29) is 0 Å². The molecule has 0 aliphatic rings. The number of hydrogen-bond donors (Lipinski definition) is 3. The number of H-pyrrole nitrogens is 1. The molecule has 0 spiro atoms. The lowest BCUT2D eigenvalue weighted by Gasteiger charge is -1.98. The van der Waals surface area contributed by atoms with Crippen LogP contribution >= 0.6 is 11.6 Å². The molecule has 0 saturated heterocycles. The van der Waals surface area contributed by atoms with E-state index < -0.39 is 0 Å². The van der Waals surface area contributed by atoms with Crippen LogP contribution in [0.15, 0.2) is 24.4 Å². The van der Waals surface area contributed by atoms with Crippen molar-refractivity contribution < 1.29 is 5.21 Å². The fourth-order valence-electron chi connectivity index (χ4n) is 1.34. The summed E-state index contributed by atoms with van der Waals surface area (Å²) < 4.78 is 0. The lowest BCUT2D eigenvalue weighted by Crippen LogP contribution is -2.05. The van der Waals surface area contributed by atoms with Gasteiger partial charge >= 0.3 is 0 Å². The van der Waals surface area contributed by atoms with Crippen LogP contribution in [0, 0.1) is 0 Å². The molecule has 1 heterocycles. The molecule has 13 heavy (non-hydrogen) atoms. The first-order valence-corrected chi connectivity index (χ1v) is 4.31. The topological polar surface area (TPSA) is 48.0 Å². The van der Waals surface area contributed by atoms with E-state index in [0.29, 0.717) is 6.54 Å². The van der Waals surface area contributed by atoms with E-state index >= 15 is 0 Å². The maximum absolute atomic E-state index is 8.51. The van der Waals surface area contributed by atoms with Crippen LogP contribution in [0.1, 0.15) is 5.56 Å². The summed E-state index contributed by atoms with van der Waals surface area (Å²) in [5, 5.41) is 10.2. The molecule has 2 aromatic rings. The second-order valence-corrected chi connectivity index (χ2v) is 3.26. The van der Waals surface area contributed by atoms with Gasteiger partial charge in [-0.3, -0.25) is 0 Å². The van der Waals surface area contributed by atoms with Gasteiger partial charge in [0.15, 0.2) is 0 Å². The first-order valence-electron chi connectivity index (χ1n) is 3.94. The molecule has 4 heteroatoms. The number of halogens is 1. The van der Waals surface area contributed by atoms with Gasteiger partial charge in [-0.1, -0.05) is 23.7 Å². The second kappa shape index (κ2) is 3.38. The van der Waals surface area contributed by atoms with E-state index in [4.69, 9.17) is 16.8 Å². The minimum absolute atomic E-state index is 0.437. The highest BCUT2D eigenvalue weighted by molar-refractivity contribution is 6.35. The van der Waals surface area contributed by atoms with E-state index in [9.17, 15) is 0 Å². The summed E-state index contributed by atoms with van der Waals surface area (Å²) in [5.41, 5.74) is 4.10. The van der Waals surface area contributed by atoms with Gasteiger partial charge in [-0.2, -0.15) is 0 Å². The summed E-state index contributed by atoms with van der Waals surface area (Å²) in [6.07, 6.45) is 1.75. The first kappa shape index (κ1) is 8.56. The maximum Gasteiger partial charge on any atom is 0.0659 e. The maximum atomic E-state index is 8.51. The zero-order valence-corrected chi connectivity index (χ0v) is 7.60. The Morgan fingerprint density at radius 3 is 3.08 bits per heavy atom. The molecule has 3 N–H and O–H groups in total. The molecule has 1 aromatic heterocycles. The van der Waals surface area contributed by atoms with Crippen LogP contribution in [-0.2, 0) is 6.54 Å². The van der Waals surface area contributed by atoms with Gasteiger partial charge in [0.25, 0.3) is 0 Å². The molecular weight excluding hydrogens is 188 g/mol. The number of rotatable bonds is 2. The van der Waals surface area contributed by atoms with Gasteiger partial charge in [-0.15, -0.1) is 0 Å². The molecule has 3 nitrogen and oxygen atoms in total. The molecule has 0 radical (unpaired) electrons. The van der Waals surface area contributed by atoms with Crippen LogP contribution in [0.3, 0.4) is 0 Å². The van der Waals surface area contributed by atoms with Crippen molar-refractivity contribution in [2.24, 2.45) is 0 Å². The summed E-state index contributed by atoms with van der Waals surface area (Å²) in [4.78, 5) is 3.05. The highest BCUT2D eigenvalue weighted by atomic mass is 35.5. The second-order valence-electron chi connectivity index (χ2n) is 2.85. The molecule has 68 valence electrons. The number of nitrogens with one attached hydrogen (secondary N) is 2. The minimum Gasteiger partial charge on any atom is -0.360 e. The Hall–Kier alpha value is -1.03. The molecule has 0 bridgehead atoms. The molecule has 0 atom stereocenters. The molecule has 0 aliphatic carbocycles. The fourth-order valence-corrected chi connectivity index (χ4v) is 1.56. The lowest BCUT2D eigenvalue weighted by atomic mass is 10.2. The van der Waals surface area contributed by atoms with E-state index in [1.807, 2.05) is 18.2 Å². The van der Waals surface area contributed by atoms with Crippen LogP contribution in [0.25, 0.3) is 10.9 Å². The highest BCUT2D eigenvalue weighted by Crippen LogP contribution is 2.23. The molecule has 2 rings (SSSR count). The van der Waals surface area contributed by atoms with Crippen molar-refractivity contribution in [2.45, 2.75) is 6.54 Å². The van der Waals surface area contributed by atoms with E-state index in [0.717, 1.165) is 21.5 Å². The van der Waals surface area contributed by atoms with Crippen molar-refractivity contribution >= 4 is 22.5 Å². The molecule has 0 unspecified atom stereocenters. The van der Waals surface area contributed by atoms with Crippen molar-refractivity contribution in [2.75, 3.05) is 0 Å². The van der Waals surface area contributed by atoms with Crippen LogP contribution in [0.2, 0.25) is 5.02 Å². The summed E-state index contributed by atoms with van der Waals surface area (Å²) in [7, 11) is 0. The van der Waals surface area contributed by atoms with Crippen molar-refractivity contribution in [3.8, 4) is 0 Å². The number of hydrogen-bond acceptors (Lipinski definition) is 2. The van der Waals surface area contributed by atoms with Crippen LogP contribution < -0.4 is 5.48 Å². The SMILES string of the molecule is ONCc1ccc2c(Cl)c[nH]c2c1. The number of aromatic amines is 1. The summed E-state index contributed by atoms with van der Waals surface area (Å²) in [6, 6.07) is 5.80. The molecule has 0 aliphatic heterocycles. The number of fused-ring (bicyclic) bond motifs is 1. The number of benzene rings is 1. The van der Waals surface area contributed by atoms with Crippen LogP contribution in [0.5, 0.6) is 0 Å². The number of hydroxylamine groups is 1. The predicted molar refractivity (Wildman–Crippen MR) is 51.9 cm³/mol. The van der Waals surface area contributed by atoms with Gasteiger partial charge in [0, 0.05) is 23.6 Å². The van der Waals surface area contributed by atoms with Gasteiger partial charge in [-0.05, 0) is 11.6 Å². The largest absolute Gasteiger partial charge is 0.360 e. The summed E-state index contributed by atoms with van der Waals surface area (Å²) in [6.45, 7) is 0.437. The third-order valence-electron chi connectivity index (χ3n) is 1.98. The average molecular weight is 197 g/mol. The fraction of sp³-hybridized carbons (Fsp3) is 0.111. The normalized spacial score (nSPS) is 10.9. The van der Waals surface area contributed by atoms with Crippen molar-refractivity contribution in [3.63, 3.8) is 0 Å². The Morgan fingerprint density at radius 1 is 1.46 bits per heavy atom. The van der Waals surface area contributed by atoms with Gasteiger partial charge in [0.2, 0.25) is 0 Å². The van der Waals surface area contributed by atoms with Gasteiger partial charge < -0.3 is 10.2 Å². The van der Waals surface area contributed by atoms with Gasteiger partial charge in [0.05, 0.1) is 5.02 Å². The zero-order chi connectivity index (χ0) is 9.26. The van der Waals surface area contributed by atoms with Crippen molar-refractivity contribution in [1.82, 2.24) is 10.5 Å². The standard InChI is InChI=1S/C9H9ClN2O/c10-8-5-11-9-3-6(4-12-13)1-2-7(8)9/h1-3,5,11-13H,4H2. The van der Waals surface area contributed by atoms with Gasteiger partial charge in [0.1, 0.15) is 0 Å². The Morgan fingerprint density at radius 2 is 2.31 bits per heavy atom. The zero-order valence-electron chi connectivity index (χ0n) is 6.84. The number of aromatic nitrogens is 1.